The molecule has 0 saturated carbocycles. The van der Waals surface area contributed by atoms with E-state index in [1.165, 1.54) is 30.3 Å². The van der Waals surface area contributed by atoms with Gasteiger partial charge >= 0.3 is 0 Å². The van der Waals surface area contributed by atoms with Gasteiger partial charge in [-0.3, -0.25) is 9.19 Å². The molecule has 1 atom stereocenters. The predicted octanol–water partition coefficient (Wildman–Crippen LogP) is 5.34. The van der Waals surface area contributed by atoms with E-state index in [4.69, 9.17) is 13.3 Å². The number of fused-ring (bicyclic) bond motifs is 3. The van der Waals surface area contributed by atoms with Gasteiger partial charge in [-0.1, -0.05) is 18.2 Å². The number of pyridine rings is 1. The smallest absolute Gasteiger partial charge is 0.219 e. The molecule has 0 aliphatic rings. The second-order valence-electron chi connectivity index (χ2n) is 8.88. The van der Waals surface area contributed by atoms with Crippen LogP contribution in [0.4, 0.5) is 4.39 Å². The molecule has 0 saturated heterocycles. The van der Waals surface area contributed by atoms with E-state index in [9.17, 15) is 25.4 Å². The van der Waals surface area contributed by atoms with Crippen molar-refractivity contribution in [3.63, 3.8) is 0 Å². The highest BCUT2D eigenvalue weighted by Gasteiger charge is 2.14. The Labute approximate surface area is 230 Å². The van der Waals surface area contributed by atoms with Crippen LogP contribution in [0.1, 0.15) is 0 Å². The molecular weight excluding hydrogens is 581 g/mol. The summed E-state index contributed by atoms with van der Waals surface area (Å²) in [7, 11) is -8.86. The van der Waals surface area contributed by atoms with E-state index in [0.29, 0.717) is 27.2 Å². The SMILES string of the molecule is C=S(C)(=O)c1cc2cnccc2o1.CS(=O)(=O)c1cc2cc(F)ccc2o1.CS(=O)(=O)c1cc2ccccc2o1. The fourth-order valence-electron chi connectivity index (χ4n) is 3.39. The Morgan fingerprint density at radius 1 is 0.650 bits per heavy atom. The lowest BCUT2D eigenvalue weighted by atomic mass is 10.2. The average molecular weight is 606 g/mol. The quantitative estimate of drug-likeness (QED) is 0.245. The van der Waals surface area contributed by atoms with Gasteiger partial charge in [0.25, 0.3) is 0 Å². The van der Waals surface area contributed by atoms with Gasteiger partial charge in [0.1, 0.15) is 22.6 Å². The standard InChI is InChI=1S/C9H7FO3S.C9H9NO2S.C9H8O3S/c1-14(11,12)9-5-6-4-7(10)2-3-8(6)13-9;1-13(2,11)9-5-7-6-10-4-3-8(7)12-9;1-13(10,11)9-6-7-4-2-3-5-8(7)12-9/h2-5H,1H3;3-6H,1H2,2H3;2-6H,1H3. The molecule has 0 fully saturated rings. The molecule has 0 radical (unpaired) electrons. The molecule has 1 unspecified atom stereocenters. The highest BCUT2D eigenvalue weighted by molar-refractivity contribution is 7.99. The number of benzene rings is 2. The zero-order valence-corrected chi connectivity index (χ0v) is 24.0. The van der Waals surface area contributed by atoms with Crippen LogP contribution in [0.2, 0.25) is 0 Å². The zero-order valence-electron chi connectivity index (χ0n) is 21.5. The van der Waals surface area contributed by atoms with Crippen molar-refractivity contribution in [3.05, 3.63) is 84.9 Å². The van der Waals surface area contributed by atoms with Crippen LogP contribution in [0.5, 0.6) is 0 Å². The number of hydrogen-bond donors (Lipinski definition) is 0. The summed E-state index contributed by atoms with van der Waals surface area (Å²) in [5.41, 5.74) is 1.66. The van der Waals surface area contributed by atoms with E-state index in [-0.39, 0.29) is 10.2 Å². The van der Waals surface area contributed by atoms with E-state index in [1.54, 1.807) is 42.9 Å². The van der Waals surface area contributed by atoms with Crippen LogP contribution < -0.4 is 0 Å². The van der Waals surface area contributed by atoms with E-state index in [2.05, 4.69) is 10.9 Å². The molecule has 0 aliphatic carbocycles. The fourth-order valence-corrected chi connectivity index (χ4v) is 5.19. The lowest BCUT2D eigenvalue weighted by Gasteiger charge is -1.93. The highest BCUT2D eigenvalue weighted by atomic mass is 32.2. The van der Waals surface area contributed by atoms with Gasteiger partial charge in [-0.05, 0) is 36.2 Å². The summed E-state index contributed by atoms with van der Waals surface area (Å²) in [6, 6.07) is 17.4. The van der Waals surface area contributed by atoms with Gasteiger partial charge < -0.3 is 13.3 Å². The molecule has 0 aliphatic heterocycles. The summed E-state index contributed by atoms with van der Waals surface area (Å²) in [5, 5.41) is 2.42. The van der Waals surface area contributed by atoms with Crippen LogP contribution in [0.3, 0.4) is 0 Å². The maximum Gasteiger partial charge on any atom is 0.219 e. The third-order valence-electron chi connectivity index (χ3n) is 5.31. The van der Waals surface area contributed by atoms with Crippen LogP contribution in [-0.4, -0.2) is 50.7 Å². The Bertz CT molecular complexity index is 1990. The van der Waals surface area contributed by atoms with Crippen LogP contribution >= 0.6 is 0 Å². The van der Waals surface area contributed by atoms with Crippen molar-refractivity contribution in [2.24, 2.45) is 0 Å². The Balaban J connectivity index is 0.000000139. The van der Waals surface area contributed by atoms with E-state index >= 15 is 0 Å². The topological polar surface area (TPSA) is 138 Å². The molecule has 0 bridgehead atoms. The Hall–Kier alpha value is -3.94. The number of furan rings is 3. The first-order valence-electron chi connectivity index (χ1n) is 11.3. The minimum absolute atomic E-state index is 0.0219. The zero-order chi connectivity index (χ0) is 29.3. The molecule has 13 heteroatoms. The first-order chi connectivity index (χ1) is 18.6. The van der Waals surface area contributed by atoms with Crippen molar-refractivity contribution in [2.45, 2.75) is 15.3 Å². The number of nitrogens with zero attached hydrogens (tertiary/aromatic N) is 1. The molecule has 6 aromatic rings. The second-order valence-corrected chi connectivity index (χ2v) is 15.2. The normalized spacial score (nSPS) is 13.3. The molecule has 40 heavy (non-hydrogen) atoms. The number of sulfone groups is 2. The Kier molecular flexibility index (Phi) is 7.92. The molecule has 210 valence electrons. The van der Waals surface area contributed by atoms with Gasteiger partial charge in [-0.2, -0.15) is 0 Å². The van der Waals surface area contributed by atoms with E-state index < -0.39 is 35.0 Å². The van der Waals surface area contributed by atoms with E-state index in [0.717, 1.165) is 23.3 Å². The maximum atomic E-state index is 12.8. The van der Waals surface area contributed by atoms with Gasteiger partial charge in [0.15, 0.2) is 5.09 Å². The summed E-state index contributed by atoms with van der Waals surface area (Å²) in [4.78, 5) is 3.94. The number of rotatable bonds is 3. The summed E-state index contributed by atoms with van der Waals surface area (Å²) in [5.74, 6) is 3.13. The Morgan fingerprint density at radius 3 is 1.75 bits per heavy atom. The number of hydrogen-bond acceptors (Lipinski definition) is 9. The van der Waals surface area contributed by atoms with Crippen molar-refractivity contribution >= 4 is 68.0 Å². The third-order valence-corrected chi connectivity index (χ3v) is 8.23. The first-order valence-corrected chi connectivity index (χ1v) is 17.3. The van der Waals surface area contributed by atoms with Gasteiger partial charge in [-0.15, -0.1) is 0 Å². The predicted molar refractivity (Wildman–Crippen MR) is 152 cm³/mol. The van der Waals surface area contributed by atoms with Crippen molar-refractivity contribution in [3.8, 4) is 0 Å². The van der Waals surface area contributed by atoms with Crippen molar-refractivity contribution in [1.29, 1.82) is 0 Å². The number of para-hydroxylation sites is 1. The number of halogens is 1. The lowest BCUT2D eigenvalue weighted by Crippen LogP contribution is -1.93. The van der Waals surface area contributed by atoms with Gasteiger partial charge in [0.2, 0.25) is 29.9 Å². The molecule has 4 heterocycles. The summed E-state index contributed by atoms with van der Waals surface area (Å²) < 4.78 is 84.2. The highest BCUT2D eigenvalue weighted by Crippen LogP contribution is 2.24. The molecular formula is C27H24FNO8S3. The molecule has 6 rings (SSSR count). The summed E-state index contributed by atoms with van der Waals surface area (Å²) in [6.45, 7) is 0. The monoisotopic (exact) mass is 605 g/mol. The molecule has 9 nitrogen and oxygen atoms in total. The maximum absolute atomic E-state index is 12.8. The summed E-state index contributed by atoms with van der Waals surface area (Å²) >= 11 is 0. The largest absolute Gasteiger partial charge is 0.448 e. The molecule has 0 spiro atoms. The Morgan fingerprint density at radius 2 is 1.18 bits per heavy atom. The van der Waals surface area contributed by atoms with Crippen molar-refractivity contribution < 1.29 is 38.7 Å². The minimum atomic E-state index is -3.37. The van der Waals surface area contributed by atoms with Gasteiger partial charge in [0.05, 0.1) is 0 Å². The van der Waals surface area contributed by atoms with Crippen molar-refractivity contribution in [1.82, 2.24) is 4.98 Å². The van der Waals surface area contributed by atoms with Crippen LogP contribution in [0.25, 0.3) is 32.9 Å². The van der Waals surface area contributed by atoms with Crippen LogP contribution in [0.15, 0.2) is 108 Å². The van der Waals surface area contributed by atoms with E-state index in [1.807, 2.05) is 12.1 Å². The molecule has 0 N–H and O–H groups in total. The molecule has 4 aromatic heterocycles. The average Bonchev–Trinajstić information content (AvgIpc) is 3.59. The summed E-state index contributed by atoms with van der Waals surface area (Å²) in [6.07, 6.45) is 7.04. The van der Waals surface area contributed by atoms with Crippen LogP contribution in [-0.2, 0) is 29.2 Å². The number of aromatic nitrogens is 1. The van der Waals surface area contributed by atoms with Crippen LogP contribution in [0, 0.1) is 5.82 Å². The fraction of sp³-hybridized carbons (Fsp3) is 0.111. The third kappa shape index (κ3) is 6.97. The molecule has 0 amide bonds. The molecule has 2 aromatic carbocycles. The first kappa shape index (κ1) is 29.1. The lowest BCUT2D eigenvalue weighted by molar-refractivity contribution is 0.484. The minimum Gasteiger partial charge on any atom is -0.448 e. The van der Waals surface area contributed by atoms with Gasteiger partial charge in [-0.25, -0.2) is 21.2 Å². The second kappa shape index (κ2) is 10.9. The van der Waals surface area contributed by atoms with Crippen molar-refractivity contribution in [2.75, 3.05) is 18.8 Å². The van der Waals surface area contributed by atoms with Gasteiger partial charge in [0, 0.05) is 75.0 Å².